The number of aromatic nitrogens is 4. The first kappa shape index (κ1) is 27.9. The van der Waals surface area contributed by atoms with Crippen LogP contribution < -0.4 is 5.32 Å². The lowest BCUT2D eigenvalue weighted by molar-refractivity contribution is 0.139. The number of nitrogens with one attached hydrogen (secondary N) is 3. The Bertz CT molecular complexity index is 1870. The lowest BCUT2D eigenvalue weighted by Gasteiger charge is -2.28. The maximum absolute atomic E-state index is 12.9. The zero-order valence-electron chi connectivity index (χ0n) is 25.2. The molecule has 0 radical (unpaired) electrons. The number of H-pyrrole nitrogens is 2. The number of rotatable bonds is 4. The first-order valence-corrected chi connectivity index (χ1v) is 15.3. The van der Waals surface area contributed by atoms with Crippen molar-refractivity contribution in [1.29, 1.82) is 0 Å². The molecule has 7 rings (SSSR count). The smallest absolute Gasteiger partial charge is 0.407 e. The fourth-order valence-electron chi connectivity index (χ4n) is 6.56. The molecule has 0 bridgehead atoms. The quantitative estimate of drug-likeness (QED) is 0.175. The van der Waals surface area contributed by atoms with Gasteiger partial charge in [-0.1, -0.05) is 36.4 Å². The molecule has 0 spiro atoms. The molecule has 0 aliphatic carbocycles. The molecule has 3 amide bonds. The van der Waals surface area contributed by atoms with Gasteiger partial charge in [-0.25, -0.2) is 19.6 Å². The summed E-state index contributed by atoms with van der Waals surface area (Å²) in [6, 6.07) is 20.5. The Morgan fingerprint density at radius 2 is 1.20 bits per heavy atom. The summed E-state index contributed by atoms with van der Waals surface area (Å²) in [6.07, 6.45) is 2.56. The van der Waals surface area contributed by atoms with Gasteiger partial charge in [0, 0.05) is 18.6 Å². The third kappa shape index (κ3) is 5.25. The molecule has 2 aromatic heterocycles. The minimum Gasteiger partial charge on any atom is -0.465 e. The number of imidazole rings is 2. The normalized spacial score (nSPS) is 18.9. The molecule has 44 heavy (non-hydrogen) atoms. The average Bonchev–Trinajstić information content (AvgIpc) is 3.80. The van der Waals surface area contributed by atoms with E-state index < -0.39 is 6.09 Å². The van der Waals surface area contributed by atoms with Crippen LogP contribution in [0.2, 0.25) is 0 Å². The van der Waals surface area contributed by atoms with Gasteiger partial charge in [-0.05, 0) is 93.0 Å². The fourth-order valence-corrected chi connectivity index (χ4v) is 6.56. The van der Waals surface area contributed by atoms with Crippen LogP contribution in [0.15, 0.2) is 60.7 Å². The van der Waals surface area contributed by atoms with E-state index in [1.54, 1.807) is 0 Å². The molecule has 0 saturated carbocycles. The number of benzene rings is 3. The standard InChI is InChI=1S/C34H37N7O3/c1-34(2,3)39-32(42)40-16-4-6-28(40)30-35-24-14-12-22(18-26(24)37-30)20-8-10-21(11-9-20)23-13-15-25-27(19-23)38-31(36-25)29-7-5-17-41(29)33(43)44/h8-15,18-19,28-29H,4-7,16-17H2,1-3H3,(H,35,37)(H,36,38)(H,39,42)(H,43,44). The summed E-state index contributed by atoms with van der Waals surface area (Å²) in [5.41, 5.74) is 7.61. The Labute approximate surface area is 255 Å². The van der Waals surface area contributed by atoms with Crippen LogP contribution in [0.4, 0.5) is 9.59 Å². The maximum Gasteiger partial charge on any atom is 0.407 e. The molecule has 2 aliphatic rings. The minimum atomic E-state index is -0.901. The van der Waals surface area contributed by atoms with Crippen LogP contribution in [0.1, 0.15) is 70.2 Å². The molecule has 10 nitrogen and oxygen atoms in total. The Kier molecular flexibility index (Phi) is 6.79. The van der Waals surface area contributed by atoms with Gasteiger partial charge in [-0.15, -0.1) is 0 Å². The number of carbonyl (C=O) groups is 2. The van der Waals surface area contributed by atoms with Crippen molar-refractivity contribution in [2.24, 2.45) is 0 Å². The second kappa shape index (κ2) is 10.7. The SMILES string of the molecule is CC(C)(C)NC(=O)N1CCCC1c1nc2ccc(-c3ccc(-c4ccc5nc(C6CCCN6C(=O)O)[nH]c5c4)cc3)cc2[nH]1. The summed E-state index contributed by atoms with van der Waals surface area (Å²) < 4.78 is 0. The van der Waals surface area contributed by atoms with E-state index in [-0.39, 0.29) is 23.7 Å². The summed E-state index contributed by atoms with van der Waals surface area (Å²) in [6.45, 7) is 7.24. The van der Waals surface area contributed by atoms with Gasteiger partial charge in [-0.3, -0.25) is 4.90 Å². The van der Waals surface area contributed by atoms with E-state index >= 15 is 0 Å². The van der Waals surface area contributed by atoms with Gasteiger partial charge in [0.1, 0.15) is 11.6 Å². The van der Waals surface area contributed by atoms with Crippen molar-refractivity contribution in [3.63, 3.8) is 0 Å². The predicted molar refractivity (Wildman–Crippen MR) is 170 cm³/mol. The van der Waals surface area contributed by atoms with Gasteiger partial charge in [0.15, 0.2) is 0 Å². The van der Waals surface area contributed by atoms with Crippen LogP contribution >= 0.6 is 0 Å². The van der Waals surface area contributed by atoms with E-state index in [2.05, 4.69) is 63.8 Å². The number of aromatic amines is 2. The molecule has 4 heterocycles. The third-order valence-corrected chi connectivity index (χ3v) is 8.68. The second-order valence-electron chi connectivity index (χ2n) is 13.0. The lowest BCUT2D eigenvalue weighted by atomic mass is 10.00. The largest absolute Gasteiger partial charge is 0.465 e. The monoisotopic (exact) mass is 591 g/mol. The number of hydrogen-bond donors (Lipinski definition) is 4. The number of hydrogen-bond acceptors (Lipinski definition) is 4. The summed E-state index contributed by atoms with van der Waals surface area (Å²) in [4.78, 5) is 44.4. The molecule has 3 aromatic carbocycles. The van der Waals surface area contributed by atoms with Gasteiger partial charge in [0.05, 0.1) is 34.2 Å². The molecular formula is C34H37N7O3. The molecule has 10 heteroatoms. The average molecular weight is 592 g/mol. The van der Waals surface area contributed by atoms with Crippen LogP contribution in [0.3, 0.4) is 0 Å². The zero-order chi connectivity index (χ0) is 30.6. The van der Waals surface area contributed by atoms with E-state index in [0.717, 1.165) is 82.4 Å². The highest BCUT2D eigenvalue weighted by Crippen LogP contribution is 2.35. The van der Waals surface area contributed by atoms with Crippen molar-refractivity contribution in [1.82, 2.24) is 35.1 Å². The third-order valence-electron chi connectivity index (χ3n) is 8.68. The number of urea groups is 1. The Morgan fingerprint density at radius 3 is 1.68 bits per heavy atom. The summed E-state index contributed by atoms with van der Waals surface area (Å²) in [7, 11) is 0. The van der Waals surface area contributed by atoms with Crippen LogP contribution in [-0.2, 0) is 0 Å². The molecule has 2 atom stereocenters. The Balaban J connectivity index is 1.10. The van der Waals surface area contributed by atoms with E-state index in [9.17, 15) is 14.7 Å². The molecule has 4 N–H and O–H groups in total. The Hall–Kier alpha value is -4.86. The van der Waals surface area contributed by atoms with Crippen molar-refractivity contribution in [3.05, 3.63) is 72.3 Å². The number of carbonyl (C=O) groups excluding carboxylic acids is 1. The molecule has 2 saturated heterocycles. The summed E-state index contributed by atoms with van der Waals surface area (Å²) in [5.74, 6) is 1.54. The summed E-state index contributed by atoms with van der Waals surface area (Å²) >= 11 is 0. The molecular weight excluding hydrogens is 554 g/mol. The zero-order valence-corrected chi connectivity index (χ0v) is 25.2. The molecule has 2 fully saturated rings. The van der Waals surface area contributed by atoms with Crippen LogP contribution in [0.25, 0.3) is 44.3 Å². The number of nitrogens with zero attached hydrogens (tertiary/aromatic N) is 4. The number of likely N-dealkylation sites (tertiary alicyclic amines) is 2. The van der Waals surface area contributed by atoms with Crippen molar-refractivity contribution < 1.29 is 14.7 Å². The number of amides is 3. The van der Waals surface area contributed by atoms with Gasteiger partial charge in [0.2, 0.25) is 0 Å². The maximum atomic E-state index is 12.9. The molecule has 2 aliphatic heterocycles. The highest BCUT2D eigenvalue weighted by molar-refractivity contribution is 5.85. The van der Waals surface area contributed by atoms with Gasteiger partial charge in [0.25, 0.3) is 0 Å². The van der Waals surface area contributed by atoms with Crippen LogP contribution in [-0.4, -0.2) is 65.6 Å². The molecule has 5 aromatic rings. The van der Waals surface area contributed by atoms with Crippen LogP contribution in [0.5, 0.6) is 0 Å². The summed E-state index contributed by atoms with van der Waals surface area (Å²) in [5, 5.41) is 12.6. The van der Waals surface area contributed by atoms with E-state index in [4.69, 9.17) is 9.97 Å². The first-order valence-electron chi connectivity index (χ1n) is 15.3. The van der Waals surface area contributed by atoms with Crippen molar-refractivity contribution >= 4 is 34.2 Å². The number of fused-ring (bicyclic) bond motifs is 2. The van der Waals surface area contributed by atoms with Gasteiger partial charge < -0.3 is 25.3 Å². The van der Waals surface area contributed by atoms with Crippen LogP contribution in [0, 0.1) is 0 Å². The Morgan fingerprint density at radius 1 is 0.750 bits per heavy atom. The number of carboxylic acid groups (broad SMARTS) is 1. The van der Waals surface area contributed by atoms with Crippen molar-refractivity contribution in [2.75, 3.05) is 13.1 Å². The fraction of sp³-hybridized carbons (Fsp3) is 0.353. The highest BCUT2D eigenvalue weighted by atomic mass is 16.4. The second-order valence-corrected chi connectivity index (χ2v) is 13.0. The minimum absolute atomic E-state index is 0.0491. The van der Waals surface area contributed by atoms with Crippen molar-refractivity contribution in [2.45, 2.75) is 64.1 Å². The lowest BCUT2D eigenvalue weighted by Crippen LogP contribution is -2.48. The van der Waals surface area contributed by atoms with E-state index in [1.165, 1.54) is 4.90 Å². The molecule has 226 valence electrons. The predicted octanol–water partition coefficient (Wildman–Crippen LogP) is 7.23. The van der Waals surface area contributed by atoms with Crippen molar-refractivity contribution in [3.8, 4) is 22.3 Å². The first-order chi connectivity index (χ1) is 21.1. The van der Waals surface area contributed by atoms with E-state index in [0.29, 0.717) is 12.4 Å². The van der Waals surface area contributed by atoms with Gasteiger partial charge in [-0.2, -0.15) is 0 Å². The van der Waals surface area contributed by atoms with Gasteiger partial charge >= 0.3 is 12.1 Å². The topological polar surface area (TPSA) is 130 Å². The highest BCUT2D eigenvalue weighted by Gasteiger charge is 2.34. The van der Waals surface area contributed by atoms with E-state index in [1.807, 2.05) is 37.8 Å². The molecule has 2 unspecified atom stereocenters.